The maximum Gasteiger partial charge on any atom is 0.411 e. The predicted molar refractivity (Wildman–Crippen MR) is 111 cm³/mol. The van der Waals surface area contributed by atoms with Crippen LogP contribution >= 0.6 is 11.6 Å². The summed E-state index contributed by atoms with van der Waals surface area (Å²) in [7, 11) is 1.24. The van der Waals surface area contributed by atoms with Crippen LogP contribution in [0.3, 0.4) is 0 Å². The summed E-state index contributed by atoms with van der Waals surface area (Å²) in [5.41, 5.74) is 0.537. The second kappa shape index (κ2) is 8.85. The quantitative estimate of drug-likeness (QED) is 0.612. The molecule has 1 aliphatic carbocycles. The number of ether oxygens (including phenoxy) is 1. The highest BCUT2D eigenvalue weighted by Crippen LogP contribution is 2.44. The molecule has 1 fully saturated rings. The number of methoxy groups -OCH3 is 1. The zero-order valence-electron chi connectivity index (χ0n) is 16.7. The van der Waals surface area contributed by atoms with Crippen LogP contribution in [0.1, 0.15) is 18.7 Å². The minimum absolute atomic E-state index is 0.0333. The molecule has 0 aliphatic heterocycles. The molecule has 2 aromatic rings. The number of hydrogen-bond donors (Lipinski definition) is 3. The summed E-state index contributed by atoms with van der Waals surface area (Å²) < 4.78 is 5.88. The molecule has 1 saturated carbocycles. The van der Waals surface area contributed by atoms with E-state index in [0.717, 1.165) is 12.8 Å². The van der Waals surface area contributed by atoms with Crippen LogP contribution in [-0.2, 0) is 16.1 Å². The third kappa shape index (κ3) is 4.98. The zero-order chi connectivity index (χ0) is 21.9. The van der Waals surface area contributed by atoms with Crippen LogP contribution in [0.5, 0.6) is 0 Å². The average molecular weight is 435 g/mol. The summed E-state index contributed by atoms with van der Waals surface area (Å²) in [6, 6.07) is 6.07. The average Bonchev–Trinajstić information content (AvgIpc) is 3.49. The maximum atomic E-state index is 12.7. The number of nitrogens with zero attached hydrogens (tertiary/aromatic N) is 2. The molecule has 0 atom stereocenters. The third-order valence-electron chi connectivity index (χ3n) is 5.13. The van der Waals surface area contributed by atoms with Gasteiger partial charge in [-0.25, -0.2) is 9.78 Å². The topological polar surface area (TPSA) is 123 Å². The summed E-state index contributed by atoms with van der Waals surface area (Å²) in [6.07, 6.45) is 1.07. The van der Waals surface area contributed by atoms with Crippen molar-refractivity contribution in [2.75, 3.05) is 25.6 Å². The van der Waals surface area contributed by atoms with E-state index < -0.39 is 11.7 Å². The summed E-state index contributed by atoms with van der Waals surface area (Å²) in [5, 5.41) is 15.0. The van der Waals surface area contributed by atoms with Gasteiger partial charge in [-0.15, -0.1) is 0 Å². The molecule has 1 aromatic heterocycles. The van der Waals surface area contributed by atoms with Crippen molar-refractivity contribution in [1.82, 2.24) is 14.9 Å². The molecule has 3 N–H and O–H groups in total. The number of benzene rings is 1. The van der Waals surface area contributed by atoms with Gasteiger partial charge in [0.2, 0.25) is 5.91 Å². The first-order valence-corrected chi connectivity index (χ1v) is 9.76. The second-order valence-electron chi connectivity index (χ2n) is 7.35. The Kier molecular flexibility index (Phi) is 6.42. The van der Waals surface area contributed by atoms with Crippen molar-refractivity contribution >= 4 is 29.3 Å². The van der Waals surface area contributed by atoms with Crippen molar-refractivity contribution < 1.29 is 19.4 Å². The summed E-state index contributed by atoms with van der Waals surface area (Å²) in [4.78, 5) is 41.0. The fraction of sp³-hybridized carbons (Fsp3) is 0.400. The number of aromatic nitrogens is 2. The predicted octanol–water partition coefficient (Wildman–Crippen LogP) is 1.94. The summed E-state index contributed by atoms with van der Waals surface area (Å²) in [5.74, 6) is 0.0175. The highest BCUT2D eigenvalue weighted by atomic mass is 35.5. The van der Waals surface area contributed by atoms with Crippen molar-refractivity contribution in [2.24, 2.45) is 5.41 Å². The van der Waals surface area contributed by atoms with Gasteiger partial charge in [-0.1, -0.05) is 11.6 Å². The number of anilines is 1. The normalized spacial score (nSPS) is 14.1. The number of rotatable bonds is 7. The lowest BCUT2D eigenvalue weighted by Gasteiger charge is -2.15. The lowest BCUT2D eigenvalue weighted by atomic mass is 10.1. The van der Waals surface area contributed by atoms with Crippen molar-refractivity contribution in [1.29, 1.82) is 0 Å². The molecule has 1 heterocycles. The number of halogens is 1. The Hall–Kier alpha value is -2.91. The zero-order valence-corrected chi connectivity index (χ0v) is 17.5. The van der Waals surface area contributed by atoms with Gasteiger partial charge in [-0.05, 0) is 38.0 Å². The number of hydrogen-bond acceptors (Lipinski definition) is 6. The maximum absolute atomic E-state index is 12.7. The molecule has 0 unspecified atom stereocenters. The summed E-state index contributed by atoms with van der Waals surface area (Å²) in [6.45, 7) is 1.87. The molecule has 0 bridgehead atoms. The molecule has 1 aliphatic rings. The van der Waals surface area contributed by atoms with Crippen LogP contribution in [0.25, 0.3) is 11.3 Å². The lowest BCUT2D eigenvalue weighted by molar-refractivity contribution is -0.122. The van der Waals surface area contributed by atoms with Gasteiger partial charge < -0.3 is 15.2 Å². The van der Waals surface area contributed by atoms with Crippen molar-refractivity contribution in [3.8, 4) is 11.3 Å². The van der Waals surface area contributed by atoms with E-state index in [1.807, 2.05) is 0 Å². The van der Waals surface area contributed by atoms with Crippen molar-refractivity contribution in [3.05, 3.63) is 45.5 Å². The number of carbonyl (C=O) groups is 2. The first-order chi connectivity index (χ1) is 14.3. The van der Waals surface area contributed by atoms with E-state index >= 15 is 0 Å². The second-order valence-corrected chi connectivity index (χ2v) is 7.79. The van der Waals surface area contributed by atoms with Crippen molar-refractivity contribution in [3.63, 3.8) is 0 Å². The fourth-order valence-corrected chi connectivity index (χ4v) is 3.18. The van der Waals surface area contributed by atoms with Crippen LogP contribution in [-0.4, -0.2) is 46.9 Å². The highest BCUT2D eigenvalue weighted by molar-refractivity contribution is 6.31. The van der Waals surface area contributed by atoms with Gasteiger partial charge in [0.05, 0.1) is 25.1 Å². The minimum Gasteiger partial charge on any atom is -0.453 e. The van der Waals surface area contributed by atoms with Gasteiger partial charge >= 0.3 is 6.09 Å². The largest absolute Gasteiger partial charge is 0.453 e. The molecular weight excluding hydrogens is 412 g/mol. The fourth-order valence-electron chi connectivity index (χ4n) is 3.01. The first-order valence-electron chi connectivity index (χ1n) is 9.38. The molecule has 0 spiro atoms. The molecule has 1 aromatic carbocycles. The molecule has 9 nitrogen and oxygen atoms in total. The SMILES string of the molecule is COC(=O)Nc1cc(Cl)ccc1-c1cc(=O)n(CC(=O)NCC2(CO)CC2)c(C)n1. The molecule has 2 amide bonds. The van der Waals surface area contributed by atoms with E-state index in [1.165, 1.54) is 23.8 Å². The Balaban J connectivity index is 1.82. The van der Waals surface area contributed by atoms with E-state index in [1.54, 1.807) is 19.1 Å². The van der Waals surface area contributed by atoms with Gasteiger partial charge in [0.1, 0.15) is 12.4 Å². The van der Waals surface area contributed by atoms with Gasteiger partial charge in [-0.3, -0.25) is 19.5 Å². The van der Waals surface area contributed by atoms with Gasteiger partial charge in [-0.2, -0.15) is 0 Å². The number of nitrogens with one attached hydrogen (secondary N) is 2. The smallest absolute Gasteiger partial charge is 0.411 e. The van der Waals surface area contributed by atoms with Gasteiger partial charge in [0, 0.05) is 28.6 Å². The van der Waals surface area contributed by atoms with Crippen LogP contribution in [0.4, 0.5) is 10.5 Å². The standard InChI is InChI=1S/C20H23ClN4O5/c1-12-23-16(14-4-3-13(21)7-15(14)24-19(29)30-2)8-18(28)25(12)9-17(27)22-10-20(11-26)5-6-20/h3-4,7-8,26H,5-6,9-11H2,1-2H3,(H,22,27)(H,24,29). The molecule has 30 heavy (non-hydrogen) atoms. The van der Waals surface area contributed by atoms with Crippen LogP contribution < -0.4 is 16.2 Å². The van der Waals surface area contributed by atoms with E-state index in [0.29, 0.717) is 34.3 Å². The van der Waals surface area contributed by atoms with E-state index in [9.17, 15) is 19.5 Å². The van der Waals surface area contributed by atoms with Gasteiger partial charge in [0.15, 0.2) is 0 Å². The van der Waals surface area contributed by atoms with E-state index in [-0.39, 0.29) is 24.5 Å². The Bertz CT molecular complexity index is 1030. The Morgan fingerprint density at radius 3 is 2.67 bits per heavy atom. The molecule has 0 saturated heterocycles. The van der Waals surface area contributed by atoms with Crippen LogP contribution in [0, 0.1) is 12.3 Å². The number of aliphatic hydroxyl groups is 1. The third-order valence-corrected chi connectivity index (χ3v) is 5.37. The Labute approximate surface area is 178 Å². The molecular formula is C20H23ClN4O5. The van der Waals surface area contributed by atoms with E-state index in [2.05, 4.69) is 20.4 Å². The molecule has 0 radical (unpaired) electrons. The summed E-state index contributed by atoms with van der Waals surface area (Å²) >= 11 is 6.01. The Morgan fingerprint density at radius 2 is 2.07 bits per heavy atom. The lowest BCUT2D eigenvalue weighted by Crippen LogP contribution is -2.37. The minimum atomic E-state index is -0.684. The monoisotopic (exact) mass is 434 g/mol. The Morgan fingerprint density at radius 1 is 1.33 bits per heavy atom. The molecule has 10 heteroatoms. The van der Waals surface area contributed by atoms with Crippen LogP contribution in [0.15, 0.2) is 29.1 Å². The van der Waals surface area contributed by atoms with Gasteiger partial charge in [0.25, 0.3) is 5.56 Å². The number of aliphatic hydroxyl groups excluding tert-OH is 1. The van der Waals surface area contributed by atoms with E-state index in [4.69, 9.17) is 11.6 Å². The number of aryl methyl sites for hydroxylation is 1. The molecule has 3 rings (SSSR count). The highest BCUT2D eigenvalue weighted by Gasteiger charge is 2.42. The van der Waals surface area contributed by atoms with Crippen molar-refractivity contribution in [2.45, 2.75) is 26.3 Å². The number of amides is 2. The van der Waals surface area contributed by atoms with Crippen LogP contribution in [0.2, 0.25) is 5.02 Å². The first kappa shape index (κ1) is 21.8. The number of carbonyl (C=O) groups excluding carboxylic acids is 2. The molecule has 160 valence electrons.